The Balaban J connectivity index is 1.05. The zero-order valence-electron chi connectivity index (χ0n) is 24.5. The van der Waals surface area contributed by atoms with Crippen LogP contribution in [0.5, 0.6) is 0 Å². The molecular formula is C33H52N2O3. The van der Waals surface area contributed by atoms with E-state index in [0.29, 0.717) is 54.6 Å². The number of aliphatic hydroxyl groups is 1. The van der Waals surface area contributed by atoms with E-state index in [0.717, 1.165) is 62.2 Å². The van der Waals surface area contributed by atoms with Gasteiger partial charge in [0.05, 0.1) is 6.10 Å². The van der Waals surface area contributed by atoms with Crippen LogP contribution in [0.4, 0.5) is 0 Å². The zero-order chi connectivity index (χ0) is 26.8. The van der Waals surface area contributed by atoms with Crippen molar-refractivity contribution in [1.82, 2.24) is 9.80 Å². The van der Waals surface area contributed by atoms with Gasteiger partial charge < -0.3 is 14.9 Å². The van der Waals surface area contributed by atoms with E-state index in [1.54, 1.807) is 5.57 Å². The van der Waals surface area contributed by atoms with Crippen molar-refractivity contribution in [3.8, 4) is 0 Å². The van der Waals surface area contributed by atoms with Crippen LogP contribution in [0, 0.1) is 46.3 Å². The Kier molecular flexibility index (Phi) is 7.01. The summed E-state index contributed by atoms with van der Waals surface area (Å²) in [6.45, 7) is 11.8. The Morgan fingerprint density at radius 1 is 1.05 bits per heavy atom. The van der Waals surface area contributed by atoms with Crippen molar-refractivity contribution < 1.29 is 14.7 Å². The summed E-state index contributed by atoms with van der Waals surface area (Å²) < 4.78 is 0. The molecule has 1 saturated heterocycles. The first kappa shape index (κ1) is 26.8. The average Bonchev–Trinajstić information content (AvgIpc) is 3.68. The first-order valence-electron chi connectivity index (χ1n) is 16.1. The van der Waals surface area contributed by atoms with Crippen molar-refractivity contribution >= 4 is 11.8 Å². The molecule has 5 nitrogen and oxygen atoms in total. The summed E-state index contributed by atoms with van der Waals surface area (Å²) in [4.78, 5) is 29.8. The van der Waals surface area contributed by atoms with Gasteiger partial charge in [0.2, 0.25) is 11.8 Å². The number of amides is 2. The van der Waals surface area contributed by atoms with Crippen LogP contribution in [0.1, 0.15) is 105 Å². The molecule has 1 unspecified atom stereocenters. The molecular weight excluding hydrogens is 472 g/mol. The Labute approximate surface area is 230 Å². The molecule has 0 aromatic carbocycles. The SMILES string of the molecule is CC(CCC(=O)N1CCN(C(=O)C2CC2)C[C@@H]1C)[C@H]1CC[C@H]2[C@@H]3CC=C4C[C@@H](O)CC[C@]4(C)[C@H]3CC[C@]12C. The number of fused-ring (bicyclic) bond motifs is 5. The molecule has 1 aliphatic heterocycles. The van der Waals surface area contributed by atoms with E-state index in [9.17, 15) is 14.7 Å². The van der Waals surface area contributed by atoms with E-state index >= 15 is 0 Å². The number of hydrogen-bond acceptors (Lipinski definition) is 3. The molecule has 212 valence electrons. The third-order valence-corrected chi connectivity index (χ3v) is 12.8. The van der Waals surface area contributed by atoms with E-state index < -0.39 is 0 Å². The van der Waals surface area contributed by atoms with E-state index in [1.165, 1.54) is 32.1 Å². The highest BCUT2D eigenvalue weighted by Gasteiger charge is 2.59. The lowest BCUT2D eigenvalue weighted by molar-refractivity contribution is -0.143. The van der Waals surface area contributed by atoms with Crippen molar-refractivity contribution in [2.45, 2.75) is 117 Å². The minimum Gasteiger partial charge on any atom is -0.393 e. The van der Waals surface area contributed by atoms with Gasteiger partial charge in [0.1, 0.15) is 0 Å². The summed E-state index contributed by atoms with van der Waals surface area (Å²) in [5.74, 6) is 4.57. The van der Waals surface area contributed by atoms with Crippen molar-refractivity contribution in [3.05, 3.63) is 11.6 Å². The molecule has 0 radical (unpaired) electrons. The number of rotatable bonds is 5. The highest BCUT2D eigenvalue weighted by Crippen LogP contribution is 2.67. The van der Waals surface area contributed by atoms with Gasteiger partial charge in [-0.15, -0.1) is 0 Å². The Morgan fingerprint density at radius 3 is 2.58 bits per heavy atom. The Bertz CT molecular complexity index is 973. The van der Waals surface area contributed by atoms with Gasteiger partial charge >= 0.3 is 0 Å². The van der Waals surface area contributed by atoms with Gasteiger partial charge in [-0.3, -0.25) is 9.59 Å². The smallest absolute Gasteiger partial charge is 0.225 e. The van der Waals surface area contributed by atoms with Gasteiger partial charge in [-0.25, -0.2) is 0 Å². The second-order valence-electron chi connectivity index (χ2n) is 14.9. The van der Waals surface area contributed by atoms with Crippen LogP contribution in [-0.2, 0) is 9.59 Å². The molecule has 0 aromatic rings. The Morgan fingerprint density at radius 2 is 1.84 bits per heavy atom. The first-order chi connectivity index (χ1) is 18.1. The molecule has 5 aliphatic carbocycles. The third kappa shape index (κ3) is 4.47. The van der Waals surface area contributed by atoms with Gasteiger partial charge in [0.15, 0.2) is 0 Å². The Hall–Kier alpha value is -1.36. The van der Waals surface area contributed by atoms with Crippen molar-refractivity contribution in [3.63, 3.8) is 0 Å². The van der Waals surface area contributed by atoms with Gasteiger partial charge in [0.25, 0.3) is 0 Å². The van der Waals surface area contributed by atoms with Crippen LogP contribution >= 0.6 is 0 Å². The summed E-state index contributed by atoms with van der Waals surface area (Å²) in [6, 6.07) is 0.129. The predicted octanol–water partition coefficient (Wildman–Crippen LogP) is 5.81. The predicted molar refractivity (Wildman–Crippen MR) is 150 cm³/mol. The summed E-state index contributed by atoms with van der Waals surface area (Å²) in [6.07, 6.45) is 15.8. The number of carbonyl (C=O) groups excluding carboxylic acids is 2. The van der Waals surface area contributed by atoms with E-state index in [4.69, 9.17) is 0 Å². The molecule has 0 bridgehead atoms. The van der Waals surface area contributed by atoms with Crippen LogP contribution in [0.25, 0.3) is 0 Å². The van der Waals surface area contributed by atoms with Crippen molar-refractivity contribution in [1.29, 1.82) is 0 Å². The van der Waals surface area contributed by atoms with Gasteiger partial charge in [-0.2, -0.15) is 0 Å². The second-order valence-corrected chi connectivity index (χ2v) is 14.9. The van der Waals surface area contributed by atoms with Gasteiger partial charge in [-0.1, -0.05) is 32.4 Å². The lowest BCUT2D eigenvalue weighted by Crippen LogP contribution is -2.55. The number of aliphatic hydroxyl groups excluding tert-OH is 1. The topological polar surface area (TPSA) is 60.9 Å². The molecule has 0 aromatic heterocycles. The molecule has 6 aliphatic rings. The fraction of sp³-hybridized carbons (Fsp3) is 0.879. The van der Waals surface area contributed by atoms with Crippen molar-refractivity contribution in [2.24, 2.45) is 46.3 Å². The van der Waals surface area contributed by atoms with Gasteiger partial charge in [0, 0.05) is 38.0 Å². The molecule has 2 amide bonds. The number of allylic oxidation sites excluding steroid dienone is 1. The maximum absolute atomic E-state index is 13.3. The summed E-state index contributed by atoms with van der Waals surface area (Å²) in [5.41, 5.74) is 2.28. The fourth-order valence-corrected chi connectivity index (χ4v) is 10.4. The highest BCUT2D eigenvalue weighted by atomic mass is 16.3. The minimum atomic E-state index is -0.128. The molecule has 0 spiro atoms. The molecule has 38 heavy (non-hydrogen) atoms. The quantitative estimate of drug-likeness (QED) is 0.462. The number of nitrogens with zero attached hydrogens (tertiary/aromatic N) is 2. The minimum absolute atomic E-state index is 0.128. The normalized spacial score (nSPS) is 43.6. The average molecular weight is 525 g/mol. The lowest BCUT2D eigenvalue weighted by atomic mass is 9.47. The molecule has 1 N–H and O–H groups in total. The van der Waals surface area contributed by atoms with Crippen LogP contribution < -0.4 is 0 Å². The van der Waals surface area contributed by atoms with Gasteiger partial charge in [-0.05, 0) is 118 Å². The van der Waals surface area contributed by atoms with Crippen LogP contribution in [0.3, 0.4) is 0 Å². The maximum Gasteiger partial charge on any atom is 0.225 e. The van der Waals surface area contributed by atoms with E-state index in [1.807, 2.05) is 4.90 Å². The van der Waals surface area contributed by atoms with E-state index in [-0.39, 0.29) is 18.1 Å². The van der Waals surface area contributed by atoms with Crippen molar-refractivity contribution in [2.75, 3.05) is 19.6 Å². The van der Waals surface area contributed by atoms with E-state index in [2.05, 4.69) is 38.7 Å². The lowest BCUT2D eigenvalue weighted by Gasteiger charge is -2.58. The summed E-state index contributed by atoms with van der Waals surface area (Å²) in [7, 11) is 0. The fourth-order valence-electron chi connectivity index (χ4n) is 10.4. The van der Waals surface area contributed by atoms with Crippen LogP contribution in [-0.4, -0.2) is 58.5 Å². The molecule has 5 heteroatoms. The first-order valence-corrected chi connectivity index (χ1v) is 16.1. The molecule has 5 fully saturated rings. The van der Waals surface area contributed by atoms with Crippen LogP contribution in [0.15, 0.2) is 11.6 Å². The standard InChI is InChI=1S/C33H52N2O3/c1-21(5-12-30(37)35-18-17-34(20-22(35)2)31(38)23-6-7-23)27-10-11-28-26-9-8-24-19-25(36)13-15-32(24,3)29(26)14-16-33(27,28)4/h8,21-23,25-29,36H,5-7,9-20H2,1-4H3/t21?,22-,25-,26-,27+,28-,29-,32-,33+/m0/s1. The second kappa shape index (κ2) is 9.93. The molecule has 4 saturated carbocycles. The molecule has 6 rings (SSSR count). The molecule has 1 heterocycles. The number of piperazine rings is 1. The molecule has 9 atom stereocenters. The monoisotopic (exact) mass is 524 g/mol. The summed E-state index contributed by atoms with van der Waals surface area (Å²) in [5, 5.41) is 10.3. The third-order valence-electron chi connectivity index (χ3n) is 12.8. The number of carbonyl (C=O) groups is 2. The largest absolute Gasteiger partial charge is 0.393 e. The number of hydrogen-bond donors (Lipinski definition) is 1. The zero-order valence-corrected chi connectivity index (χ0v) is 24.5. The van der Waals surface area contributed by atoms with Crippen LogP contribution in [0.2, 0.25) is 0 Å². The summed E-state index contributed by atoms with van der Waals surface area (Å²) >= 11 is 0. The highest BCUT2D eigenvalue weighted by molar-refractivity contribution is 5.82. The maximum atomic E-state index is 13.3.